The van der Waals surface area contributed by atoms with Crippen LogP contribution in [0, 0.1) is 6.92 Å². The molecule has 6 nitrogen and oxygen atoms in total. The van der Waals surface area contributed by atoms with Gasteiger partial charge in [-0.15, -0.1) is 0 Å². The predicted octanol–water partition coefficient (Wildman–Crippen LogP) is 4.51. The first-order valence-electron chi connectivity index (χ1n) is 8.68. The minimum Gasteiger partial charge on any atom is -0.487 e. The largest absolute Gasteiger partial charge is 0.487 e. The number of alkyl halides is 3. The van der Waals surface area contributed by atoms with Crippen LogP contribution in [0.2, 0.25) is 0 Å². The lowest BCUT2D eigenvalue weighted by Crippen LogP contribution is -2.09. The van der Waals surface area contributed by atoms with E-state index in [0.29, 0.717) is 28.4 Å². The molecule has 0 unspecified atom stereocenters. The van der Waals surface area contributed by atoms with Crippen LogP contribution in [0.15, 0.2) is 48.8 Å². The van der Waals surface area contributed by atoms with Gasteiger partial charge in [-0.2, -0.15) is 13.2 Å². The van der Waals surface area contributed by atoms with E-state index >= 15 is 0 Å². The van der Waals surface area contributed by atoms with Crippen LogP contribution >= 0.6 is 0 Å². The zero-order valence-corrected chi connectivity index (χ0v) is 15.3. The minimum atomic E-state index is -4.51. The van der Waals surface area contributed by atoms with E-state index in [9.17, 15) is 13.2 Å². The van der Waals surface area contributed by atoms with Crippen LogP contribution in [0.1, 0.15) is 17.1 Å². The zero-order valence-electron chi connectivity index (χ0n) is 15.3. The van der Waals surface area contributed by atoms with Gasteiger partial charge in [0.15, 0.2) is 0 Å². The fraction of sp³-hybridized carbons (Fsp3) is 0.150. The van der Waals surface area contributed by atoms with Gasteiger partial charge in [0.2, 0.25) is 0 Å². The van der Waals surface area contributed by atoms with Gasteiger partial charge in [-0.3, -0.25) is 0 Å². The minimum absolute atomic E-state index is 0.154. The number of hydrogen-bond donors (Lipinski definition) is 2. The third-order valence-corrected chi connectivity index (χ3v) is 4.37. The molecule has 0 saturated heterocycles. The summed E-state index contributed by atoms with van der Waals surface area (Å²) in [6, 6.07) is 8.56. The number of halogens is 3. The van der Waals surface area contributed by atoms with Crippen LogP contribution in [0.5, 0.6) is 5.75 Å². The van der Waals surface area contributed by atoms with E-state index < -0.39 is 11.7 Å². The van der Waals surface area contributed by atoms with E-state index in [4.69, 9.17) is 10.5 Å². The molecule has 0 amide bonds. The van der Waals surface area contributed by atoms with Crippen molar-refractivity contribution in [2.45, 2.75) is 19.7 Å². The number of anilines is 1. The molecule has 3 heterocycles. The number of nitrogen functional groups attached to an aromatic ring is 1. The standard InChI is InChI=1S/C20H16F3N5O/c1-11-27-15(10-29-16-5-3-2-4-14(16)20(21,22)23)18-13(9-26-19(18)28-11)12-6-7-25-17(24)8-12/h2-9H,10H2,1H3,(H2,24,25)(H,26,27,28). The number of hydrogen-bond acceptors (Lipinski definition) is 5. The number of ether oxygens (including phenoxy) is 1. The summed E-state index contributed by atoms with van der Waals surface area (Å²) in [4.78, 5) is 15.8. The Morgan fingerprint density at radius 1 is 1.14 bits per heavy atom. The maximum atomic E-state index is 13.2. The third kappa shape index (κ3) is 3.71. The maximum absolute atomic E-state index is 13.2. The van der Waals surface area contributed by atoms with E-state index in [1.165, 1.54) is 18.2 Å². The number of para-hydroxylation sites is 1. The molecule has 3 N–H and O–H groups in total. The quantitative estimate of drug-likeness (QED) is 0.527. The van der Waals surface area contributed by atoms with Gasteiger partial charge in [-0.1, -0.05) is 12.1 Å². The number of aryl methyl sites for hydroxylation is 1. The second-order valence-corrected chi connectivity index (χ2v) is 6.40. The lowest BCUT2D eigenvalue weighted by Gasteiger charge is -2.14. The zero-order chi connectivity index (χ0) is 20.6. The Morgan fingerprint density at radius 2 is 1.93 bits per heavy atom. The molecule has 0 aliphatic rings. The average Bonchev–Trinajstić information content (AvgIpc) is 3.09. The van der Waals surface area contributed by atoms with Crippen LogP contribution in [0.3, 0.4) is 0 Å². The van der Waals surface area contributed by atoms with Gasteiger partial charge in [-0.25, -0.2) is 15.0 Å². The Kier molecular flexibility index (Phi) is 4.57. The number of nitrogens with one attached hydrogen (secondary N) is 1. The fourth-order valence-corrected chi connectivity index (χ4v) is 3.15. The van der Waals surface area contributed by atoms with Crippen LogP contribution < -0.4 is 10.5 Å². The SMILES string of the molecule is Cc1nc(COc2ccccc2C(F)(F)F)c2c(-c3ccnc(N)c3)c[nH]c2n1. The number of aromatic nitrogens is 4. The second-order valence-electron chi connectivity index (χ2n) is 6.40. The molecule has 148 valence electrons. The number of nitrogens with two attached hydrogens (primary N) is 1. The first-order chi connectivity index (χ1) is 13.8. The monoisotopic (exact) mass is 399 g/mol. The number of aromatic amines is 1. The molecule has 0 bridgehead atoms. The Bertz CT molecular complexity index is 1190. The number of nitrogens with zero attached hydrogens (tertiary/aromatic N) is 3. The number of pyridine rings is 1. The van der Waals surface area contributed by atoms with Crippen molar-refractivity contribution in [1.29, 1.82) is 0 Å². The van der Waals surface area contributed by atoms with Crippen molar-refractivity contribution in [3.8, 4) is 16.9 Å². The molecule has 0 atom stereocenters. The summed E-state index contributed by atoms with van der Waals surface area (Å²) in [5, 5.41) is 0.658. The van der Waals surface area contributed by atoms with E-state index in [1.54, 1.807) is 31.5 Å². The summed E-state index contributed by atoms with van der Waals surface area (Å²) in [6.07, 6.45) is -1.18. The van der Waals surface area contributed by atoms with Gasteiger partial charge in [-0.05, 0) is 36.8 Å². The summed E-state index contributed by atoms with van der Waals surface area (Å²) in [5.41, 5.74) is 7.52. The molecular weight excluding hydrogens is 383 g/mol. The highest BCUT2D eigenvalue weighted by atomic mass is 19.4. The highest BCUT2D eigenvalue weighted by Crippen LogP contribution is 2.37. The van der Waals surface area contributed by atoms with Crippen molar-refractivity contribution in [1.82, 2.24) is 19.9 Å². The smallest absolute Gasteiger partial charge is 0.419 e. The molecule has 0 spiro atoms. The number of H-pyrrole nitrogens is 1. The Labute approximate surface area is 163 Å². The van der Waals surface area contributed by atoms with Crippen molar-refractivity contribution >= 4 is 16.9 Å². The predicted molar refractivity (Wildman–Crippen MR) is 102 cm³/mol. The summed E-state index contributed by atoms with van der Waals surface area (Å²) >= 11 is 0. The molecular formula is C20H16F3N5O. The van der Waals surface area contributed by atoms with Crippen LogP contribution in [-0.2, 0) is 12.8 Å². The fourth-order valence-electron chi connectivity index (χ4n) is 3.15. The van der Waals surface area contributed by atoms with Gasteiger partial charge in [0.25, 0.3) is 0 Å². The normalized spacial score (nSPS) is 11.7. The highest BCUT2D eigenvalue weighted by Gasteiger charge is 2.34. The summed E-state index contributed by atoms with van der Waals surface area (Å²) in [5.74, 6) is 0.569. The first kappa shape index (κ1) is 18.7. The van der Waals surface area contributed by atoms with E-state index in [0.717, 1.165) is 17.2 Å². The van der Waals surface area contributed by atoms with Crippen LogP contribution in [0.25, 0.3) is 22.2 Å². The maximum Gasteiger partial charge on any atom is 0.419 e. The molecule has 9 heteroatoms. The van der Waals surface area contributed by atoms with Crippen molar-refractivity contribution in [2.24, 2.45) is 0 Å². The van der Waals surface area contributed by atoms with E-state index in [1.807, 2.05) is 0 Å². The van der Waals surface area contributed by atoms with Gasteiger partial charge in [0.1, 0.15) is 29.6 Å². The average molecular weight is 399 g/mol. The lowest BCUT2D eigenvalue weighted by molar-refractivity contribution is -0.139. The van der Waals surface area contributed by atoms with Gasteiger partial charge >= 0.3 is 6.18 Å². The highest BCUT2D eigenvalue weighted by molar-refractivity contribution is 5.95. The molecule has 4 rings (SSSR count). The van der Waals surface area contributed by atoms with Crippen LogP contribution in [-0.4, -0.2) is 19.9 Å². The van der Waals surface area contributed by atoms with Gasteiger partial charge in [0, 0.05) is 18.0 Å². The summed E-state index contributed by atoms with van der Waals surface area (Å²) < 4.78 is 45.2. The molecule has 3 aromatic heterocycles. The summed E-state index contributed by atoms with van der Waals surface area (Å²) in [6.45, 7) is 1.55. The molecule has 4 aromatic rings. The van der Waals surface area contributed by atoms with Gasteiger partial charge < -0.3 is 15.5 Å². The van der Waals surface area contributed by atoms with E-state index in [-0.39, 0.29) is 12.4 Å². The van der Waals surface area contributed by atoms with Crippen molar-refractivity contribution in [2.75, 3.05) is 5.73 Å². The van der Waals surface area contributed by atoms with Crippen molar-refractivity contribution in [3.05, 3.63) is 65.9 Å². The molecule has 0 fully saturated rings. The topological polar surface area (TPSA) is 89.7 Å². The molecule has 0 aliphatic heterocycles. The van der Waals surface area contributed by atoms with E-state index in [2.05, 4.69) is 19.9 Å². The molecule has 0 radical (unpaired) electrons. The molecule has 0 aliphatic carbocycles. The van der Waals surface area contributed by atoms with Crippen molar-refractivity contribution in [3.63, 3.8) is 0 Å². The van der Waals surface area contributed by atoms with Crippen LogP contribution in [0.4, 0.5) is 19.0 Å². The Morgan fingerprint density at radius 3 is 2.69 bits per heavy atom. The second kappa shape index (κ2) is 7.08. The number of rotatable bonds is 4. The first-order valence-corrected chi connectivity index (χ1v) is 8.68. The number of fused-ring (bicyclic) bond motifs is 1. The molecule has 29 heavy (non-hydrogen) atoms. The Balaban J connectivity index is 1.76. The third-order valence-electron chi connectivity index (χ3n) is 4.37. The Hall–Kier alpha value is -3.62. The lowest BCUT2D eigenvalue weighted by atomic mass is 10.1. The summed E-state index contributed by atoms with van der Waals surface area (Å²) in [7, 11) is 0. The van der Waals surface area contributed by atoms with Crippen molar-refractivity contribution < 1.29 is 17.9 Å². The number of benzene rings is 1. The molecule has 0 saturated carbocycles. The van der Waals surface area contributed by atoms with Gasteiger partial charge in [0.05, 0.1) is 16.6 Å². The molecule has 1 aromatic carbocycles.